The summed E-state index contributed by atoms with van der Waals surface area (Å²) in [7, 11) is 5.52. The van der Waals surface area contributed by atoms with Gasteiger partial charge >= 0.3 is 11.9 Å². The number of aliphatic hydroxyl groups is 1. The molecule has 0 aliphatic heterocycles. The van der Waals surface area contributed by atoms with Crippen LogP contribution in [0.5, 0.6) is 0 Å². The van der Waals surface area contributed by atoms with E-state index >= 15 is 0 Å². The van der Waals surface area contributed by atoms with E-state index in [1.54, 1.807) is 23.0 Å². The highest BCUT2D eigenvalue weighted by atomic mass is 16.4. The molecule has 0 spiro atoms. The Morgan fingerprint density at radius 1 is 1.30 bits per heavy atom. The first kappa shape index (κ1) is 20.8. The van der Waals surface area contributed by atoms with Crippen LogP contribution in [0.15, 0.2) is 25.0 Å². The summed E-state index contributed by atoms with van der Waals surface area (Å²) in [6, 6.07) is 0. The Balaban J connectivity index is 0.000000515. The Hall–Kier alpha value is -2.19. The fourth-order valence-electron chi connectivity index (χ4n) is 1.87. The molecule has 0 bridgehead atoms. The van der Waals surface area contributed by atoms with Crippen LogP contribution >= 0.6 is 0 Å². The number of nitrogens with zero attached hydrogens (tertiary/aromatic N) is 3. The predicted octanol–water partition coefficient (Wildman–Crippen LogP) is -0.642. The number of quaternary nitrogens is 1. The van der Waals surface area contributed by atoms with Crippen molar-refractivity contribution in [3.8, 4) is 0 Å². The van der Waals surface area contributed by atoms with Gasteiger partial charge in [0.05, 0.1) is 34.2 Å². The molecule has 0 atom stereocenters. The zero-order valence-electron chi connectivity index (χ0n) is 14.0. The van der Waals surface area contributed by atoms with Gasteiger partial charge in [-0.2, -0.15) is 0 Å². The minimum absolute atomic E-state index is 0.0336. The van der Waals surface area contributed by atoms with Crippen LogP contribution in [0, 0.1) is 0 Å². The van der Waals surface area contributed by atoms with Crippen LogP contribution in [-0.4, -0.2) is 70.6 Å². The van der Waals surface area contributed by atoms with Gasteiger partial charge < -0.3 is 19.8 Å². The van der Waals surface area contributed by atoms with Crippen molar-refractivity contribution in [3.63, 3.8) is 0 Å². The molecule has 0 aliphatic rings. The number of rotatable bonds is 8. The minimum atomic E-state index is -0.882. The largest absolute Gasteiger partial charge is 0.478 e. The number of allylic oxidation sites excluding steroid dienone is 1. The molecule has 0 unspecified atom stereocenters. The number of aromatic nitrogens is 2. The zero-order valence-corrected chi connectivity index (χ0v) is 14.0. The first-order chi connectivity index (χ1) is 10.6. The Morgan fingerprint density at radius 2 is 1.91 bits per heavy atom. The molecule has 130 valence electrons. The van der Waals surface area contributed by atoms with Crippen molar-refractivity contribution in [1.29, 1.82) is 0 Å². The number of aliphatic hydroxyl groups excluding tert-OH is 1. The van der Waals surface area contributed by atoms with E-state index in [0.717, 1.165) is 5.82 Å². The Morgan fingerprint density at radius 3 is 2.26 bits per heavy atom. The number of imidazole rings is 1. The van der Waals surface area contributed by atoms with E-state index in [-0.39, 0.29) is 19.7 Å². The summed E-state index contributed by atoms with van der Waals surface area (Å²) in [5.41, 5.74) is 0. The molecular weight excluding hydrogens is 302 g/mol. The molecule has 0 aromatic carbocycles. The molecule has 1 aromatic heterocycles. The summed E-state index contributed by atoms with van der Waals surface area (Å²) in [6.07, 6.45) is 5.75. The number of carboxylic acid groups (broad SMARTS) is 2. The van der Waals surface area contributed by atoms with Crippen LogP contribution in [0.2, 0.25) is 0 Å². The van der Waals surface area contributed by atoms with Crippen LogP contribution in [0.3, 0.4) is 0 Å². The molecule has 1 aromatic rings. The summed E-state index contributed by atoms with van der Waals surface area (Å²) in [4.78, 5) is 20.6. The van der Waals surface area contributed by atoms with Crippen molar-refractivity contribution in [2.45, 2.75) is 19.5 Å². The second-order valence-corrected chi connectivity index (χ2v) is 5.99. The number of aliphatic carboxylic acids is 2. The highest BCUT2D eigenvalue weighted by molar-refractivity contribution is 5.67. The number of likely N-dealkylation sites (N-methyl/N-ethyl adjacent to an activating group) is 1. The summed E-state index contributed by atoms with van der Waals surface area (Å²) in [5, 5.41) is 25.8. The molecular formula is C15H27N3O5+2. The maximum atomic E-state index is 10.6. The molecule has 0 amide bonds. The molecule has 3 N–H and O–H groups in total. The predicted molar refractivity (Wildman–Crippen MR) is 83.8 cm³/mol. The lowest BCUT2D eigenvalue weighted by Crippen LogP contribution is -2.40. The minimum Gasteiger partial charge on any atom is -0.478 e. The number of hydrogen-bond acceptors (Lipinski definition) is 3. The van der Waals surface area contributed by atoms with Gasteiger partial charge in [-0.3, -0.25) is 0 Å². The summed E-state index contributed by atoms with van der Waals surface area (Å²) in [6.45, 7) is 4.23. The quantitative estimate of drug-likeness (QED) is 0.334. The standard InChI is InChI=1S/C10H14N2O3.C5H11NO2/c1-2-3-9-11(6-7-13)4-5-12(9)8-10(14)15;1-6(2,3)4-5(7)8/h2,4-5,13H,1,3,6-8H2;4H2,1-3H3/p+2. The van der Waals surface area contributed by atoms with Crippen LogP contribution in [0.25, 0.3) is 0 Å². The van der Waals surface area contributed by atoms with Gasteiger partial charge in [-0.15, -0.1) is 6.58 Å². The lowest BCUT2D eigenvalue weighted by molar-refractivity contribution is -0.862. The topological polar surface area (TPSA) is 104 Å². The van der Waals surface area contributed by atoms with E-state index in [2.05, 4.69) is 6.58 Å². The summed E-state index contributed by atoms with van der Waals surface area (Å²) < 4.78 is 3.94. The lowest BCUT2D eigenvalue weighted by atomic mass is 10.4. The lowest BCUT2D eigenvalue weighted by Gasteiger charge is -2.20. The normalized spacial score (nSPS) is 10.6. The smallest absolute Gasteiger partial charge is 0.359 e. The van der Waals surface area contributed by atoms with Gasteiger partial charge in [0.25, 0.3) is 5.82 Å². The molecule has 0 aliphatic carbocycles. The molecule has 0 saturated carbocycles. The first-order valence-corrected chi connectivity index (χ1v) is 7.14. The first-order valence-electron chi connectivity index (χ1n) is 7.14. The van der Waals surface area contributed by atoms with Crippen molar-refractivity contribution in [2.24, 2.45) is 0 Å². The van der Waals surface area contributed by atoms with Crippen LogP contribution < -0.4 is 4.57 Å². The van der Waals surface area contributed by atoms with Crippen molar-refractivity contribution >= 4 is 11.9 Å². The van der Waals surface area contributed by atoms with E-state index < -0.39 is 11.9 Å². The van der Waals surface area contributed by atoms with E-state index in [9.17, 15) is 9.59 Å². The Bertz CT molecular complexity index is 532. The molecule has 23 heavy (non-hydrogen) atoms. The summed E-state index contributed by atoms with van der Waals surface area (Å²) in [5.74, 6) is -0.800. The van der Waals surface area contributed by atoms with Gasteiger partial charge in [0.2, 0.25) is 0 Å². The second-order valence-electron chi connectivity index (χ2n) is 5.99. The highest BCUT2D eigenvalue weighted by Gasteiger charge is 2.17. The van der Waals surface area contributed by atoms with Crippen LogP contribution in [0.1, 0.15) is 5.82 Å². The molecule has 8 nitrogen and oxygen atoms in total. The third-order valence-electron chi connectivity index (χ3n) is 2.67. The van der Waals surface area contributed by atoms with Crippen molar-refractivity contribution in [1.82, 2.24) is 4.57 Å². The Labute approximate surface area is 136 Å². The molecule has 1 rings (SSSR count). The van der Waals surface area contributed by atoms with Crippen LogP contribution in [0.4, 0.5) is 0 Å². The van der Waals surface area contributed by atoms with Gasteiger partial charge in [0, 0.05) is 0 Å². The molecule has 1 heterocycles. The van der Waals surface area contributed by atoms with Gasteiger partial charge in [-0.1, -0.05) is 6.08 Å². The van der Waals surface area contributed by atoms with Gasteiger partial charge in [-0.05, 0) is 0 Å². The van der Waals surface area contributed by atoms with E-state index in [1.165, 1.54) is 0 Å². The Kier molecular flexibility index (Phi) is 8.82. The second kappa shape index (κ2) is 9.75. The number of hydrogen-bond donors (Lipinski definition) is 3. The van der Waals surface area contributed by atoms with E-state index in [0.29, 0.717) is 17.4 Å². The molecule has 0 saturated heterocycles. The van der Waals surface area contributed by atoms with Gasteiger partial charge in [-0.25, -0.2) is 18.7 Å². The number of carboxylic acids is 2. The molecule has 8 heteroatoms. The average molecular weight is 329 g/mol. The SMILES string of the molecule is C=CCc1n(CCO)cc[n+]1CC(=O)O.C[N+](C)(C)CC(=O)O. The van der Waals surface area contributed by atoms with Crippen molar-refractivity contribution in [3.05, 3.63) is 30.9 Å². The fourth-order valence-corrected chi connectivity index (χ4v) is 1.87. The van der Waals surface area contributed by atoms with E-state index in [4.69, 9.17) is 15.3 Å². The highest BCUT2D eigenvalue weighted by Crippen LogP contribution is 1.97. The third kappa shape index (κ3) is 9.43. The van der Waals surface area contributed by atoms with Gasteiger partial charge in [0.15, 0.2) is 13.1 Å². The monoisotopic (exact) mass is 329 g/mol. The fraction of sp³-hybridized carbons (Fsp3) is 0.533. The van der Waals surface area contributed by atoms with Crippen molar-refractivity contribution in [2.75, 3.05) is 34.3 Å². The third-order valence-corrected chi connectivity index (χ3v) is 2.67. The van der Waals surface area contributed by atoms with Crippen molar-refractivity contribution < 1.29 is 34.0 Å². The zero-order chi connectivity index (χ0) is 18.0. The molecule has 0 radical (unpaired) electrons. The number of carbonyl (C=O) groups is 2. The molecule has 0 fully saturated rings. The maximum Gasteiger partial charge on any atom is 0.359 e. The van der Waals surface area contributed by atoms with Gasteiger partial charge in [0.1, 0.15) is 18.9 Å². The van der Waals surface area contributed by atoms with E-state index in [1.807, 2.05) is 25.7 Å². The van der Waals surface area contributed by atoms with Crippen LogP contribution in [-0.2, 0) is 29.1 Å². The average Bonchev–Trinajstić information content (AvgIpc) is 2.70. The summed E-state index contributed by atoms with van der Waals surface area (Å²) >= 11 is 0. The maximum absolute atomic E-state index is 10.6.